The van der Waals surface area contributed by atoms with E-state index >= 15 is 0 Å². The van der Waals surface area contributed by atoms with Crippen molar-refractivity contribution in [3.63, 3.8) is 0 Å². The van der Waals surface area contributed by atoms with Gasteiger partial charge in [0.1, 0.15) is 0 Å². The summed E-state index contributed by atoms with van der Waals surface area (Å²) in [6, 6.07) is 0. The van der Waals surface area contributed by atoms with Crippen molar-refractivity contribution < 1.29 is 12.9 Å². The highest BCUT2D eigenvalue weighted by atomic mass is 19.4. The Morgan fingerprint density at radius 2 is 2.13 bits per heavy atom. The van der Waals surface area contributed by atoms with Gasteiger partial charge >= 0.3 is 6.98 Å². The number of aromatic nitrogens is 2. The van der Waals surface area contributed by atoms with Crippen LogP contribution in [0.15, 0.2) is 6.20 Å². The zero-order valence-corrected chi connectivity index (χ0v) is 8.59. The quantitative estimate of drug-likeness (QED) is 0.707. The molecule has 1 aromatic rings. The molecule has 0 atom stereocenters. The van der Waals surface area contributed by atoms with E-state index in [4.69, 9.17) is 0 Å². The van der Waals surface area contributed by atoms with Crippen molar-refractivity contribution in [3.8, 4) is 0 Å². The van der Waals surface area contributed by atoms with E-state index in [2.05, 4.69) is 5.10 Å². The van der Waals surface area contributed by atoms with Crippen LogP contribution in [0.4, 0.5) is 12.9 Å². The minimum atomic E-state index is -4.90. The first-order chi connectivity index (χ1) is 7.02. The third kappa shape index (κ3) is 2.18. The third-order valence-electron chi connectivity index (χ3n) is 2.59. The van der Waals surface area contributed by atoms with Gasteiger partial charge in [-0.15, -0.1) is 0 Å². The number of aryl methyl sites for hydroxylation is 1. The second-order valence-corrected chi connectivity index (χ2v) is 4.08. The van der Waals surface area contributed by atoms with E-state index in [1.807, 2.05) is 6.92 Å². The predicted octanol–water partition coefficient (Wildman–Crippen LogP) is 2.22. The molecule has 2 nitrogen and oxygen atoms in total. The fraction of sp³-hybridized carbons (Fsp3) is 0.667. The van der Waals surface area contributed by atoms with Crippen LogP contribution in [0.1, 0.15) is 37.8 Å². The number of rotatable bonds is 4. The van der Waals surface area contributed by atoms with Gasteiger partial charge in [0.15, 0.2) is 0 Å². The predicted molar refractivity (Wildman–Crippen MR) is 53.2 cm³/mol. The van der Waals surface area contributed by atoms with Crippen LogP contribution in [0.3, 0.4) is 0 Å². The molecule has 1 saturated carbocycles. The highest BCUT2D eigenvalue weighted by Crippen LogP contribution is 2.39. The molecule has 0 radical (unpaired) electrons. The van der Waals surface area contributed by atoms with E-state index in [9.17, 15) is 12.9 Å². The Morgan fingerprint density at radius 1 is 1.47 bits per heavy atom. The van der Waals surface area contributed by atoms with Crippen LogP contribution < -0.4 is 5.46 Å². The van der Waals surface area contributed by atoms with Crippen LogP contribution in [-0.2, 0) is 6.54 Å². The minimum Gasteiger partial charge on any atom is -0.445 e. The second-order valence-electron chi connectivity index (χ2n) is 4.08. The van der Waals surface area contributed by atoms with E-state index in [-0.39, 0.29) is 11.6 Å². The molecule has 1 aromatic heterocycles. The third-order valence-corrected chi connectivity index (χ3v) is 2.59. The molecule has 1 fully saturated rings. The summed E-state index contributed by atoms with van der Waals surface area (Å²) < 4.78 is 39.5. The van der Waals surface area contributed by atoms with Crippen molar-refractivity contribution in [2.75, 3.05) is 0 Å². The number of halogens is 3. The normalized spacial score (nSPS) is 17.1. The Hall–Kier alpha value is -0.935. The second kappa shape index (κ2) is 3.57. The summed E-state index contributed by atoms with van der Waals surface area (Å²) in [6.07, 6.45) is 3.66. The van der Waals surface area contributed by atoms with Gasteiger partial charge in [0.05, 0.1) is 0 Å². The molecular formula is C9H13BF3N2-. The number of nitrogens with zero attached hydrogens (tertiary/aromatic N) is 2. The summed E-state index contributed by atoms with van der Waals surface area (Å²) in [5.41, 5.74) is -0.207. The van der Waals surface area contributed by atoms with Gasteiger partial charge in [-0.3, -0.25) is 4.68 Å². The summed E-state index contributed by atoms with van der Waals surface area (Å²) in [4.78, 5) is 0. The number of hydrogen-bond acceptors (Lipinski definition) is 1. The molecule has 0 aliphatic heterocycles. The first kappa shape index (κ1) is 10.6. The zero-order chi connectivity index (χ0) is 11.1. The molecule has 0 aromatic carbocycles. The van der Waals surface area contributed by atoms with Gasteiger partial charge in [-0.05, 0) is 25.5 Å². The van der Waals surface area contributed by atoms with Crippen LogP contribution in [-0.4, -0.2) is 16.8 Å². The minimum absolute atomic E-state index is 0.0570. The lowest BCUT2D eigenvalue weighted by Crippen LogP contribution is -2.35. The molecule has 1 aliphatic carbocycles. The molecule has 6 heteroatoms. The smallest absolute Gasteiger partial charge is 0.445 e. The Bertz CT molecular complexity index is 355. The van der Waals surface area contributed by atoms with Crippen molar-refractivity contribution in [1.82, 2.24) is 9.78 Å². The SMILES string of the molecule is CCCn1cc([B-](F)(F)F)c(C2CC2)n1. The molecular weight excluding hydrogens is 204 g/mol. The van der Waals surface area contributed by atoms with E-state index in [0.29, 0.717) is 6.54 Å². The van der Waals surface area contributed by atoms with Gasteiger partial charge < -0.3 is 12.9 Å². The Balaban J connectivity index is 2.33. The standard InChI is InChI=1S/C9H13BF3N2/c1-2-5-15-6-8(10(11,12)13)9(14-15)7-3-4-7/h6-7H,2-5H2,1H3/q-1. The topological polar surface area (TPSA) is 17.8 Å². The molecule has 0 unspecified atom stereocenters. The largest absolute Gasteiger partial charge is 0.512 e. The molecule has 0 bridgehead atoms. The summed E-state index contributed by atoms with van der Waals surface area (Å²) in [5.74, 6) is 0.0570. The average Bonchev–Trinajstić information content (AvgIpc) is 2.87. The molecule has 0 spiro atoms. The maximum atomic E-state index is 12.7. The van der Waals surface area contributed by atoms with Gasteiger partial charge in [-0.25, -0.2) is 0 Å². The summed E-state index contributed by atoms with van der Waals surface area (Å²) in [7, 11) is 0. The van der Waals surface area contributed by atoms with Crippen LogP contribution in [0.5, 0.6) is 0 Å². The fourth-order valence-corrected chi connectivity index (χ4v) is 1.72. The van der Waals surface area contributed by atoms with Crippen molar-refractivity contribution in [3.05, 3.63) is 11.9 Å². The molecule has 0 saturated heterocycles. The van der Waals surface area contributed by atoms with Gasteiger partial charge in [-0.2, -0.15) is 5.10 Å². The lowest BCUT2D eigenvalue weighted by molar-refractivity contribution is 0.500. The monoisotopic (exact) mass is 217 g/mol. The molecule has 15 heavy (non-hydrogen) atoms. The first-order valence-electron chi connectivity index (χ1n) is 5.29. The van der Waals surface area contributed by atoms with Gasteiger partial charge in [0, 0.05) is 18.2 Å². The van der Waals surface area contributed by atoms with Gasteiger partial charge in [0.25, 0.3) is 0 Å². The lowest BCUT2D eigenvalue weighted by Gasteiger charge is -2.13. The van der Waals surface area contributed by atoms with Crippen LogP contribution in [0, 0.1) is 0 Å². The zero-order valence-electron chi connectivity index (χ0n) is 8.59. The van der Waals surface area contributed by atoms with E-state index in [1.165, 1.54) is 4.68 Å². The molecule has 84 valence electrons. The first-order valence-corrected chi connectivity index (χ1v) is 5.29. The molecule has 0 N–H and O–H groups in total. The maximum Gasteiger partial charge on any atom is 0.512 e. The Kier molecular flexibility index (Phi) is 2.52. The van der Waals surface area contributed by atoms with E-state index in [1.54, 1.807) is 0 Å². The lowest BCUT2D eigenvalue weighted by atomic mass is 9.79. The molecule has 1 aliphatic rings. The van der Waals surface area contributed by atoms with Crippen molar-refractivity contribution in [2.45, 2.75) is 38.6 Å². The average molecular weight is 217 g/mol. The Morgan fingerprint density at radius 3 is 2.60 bits per heavy atom. The summed E-state index contributed by atoms with van der Waals surface area (Å²) in [6.45, 7) is -2.42. The van der Waals surface area contributed by atoms with Crippen molar-refractivity contribution in [1.29, 1.82) is 0 Å². The van der Waals surface area contributed by atoms with Gasteiger partial charge in [0.2, 0.25) is 0 Å². The highest BCUT2D eigenvalue weighted by molar-refractivity contribution is 6.73. The van der Waals surface area contributed by atoms with Crippen LogP contribution in [0.2, 0.25) is 0 Å². The molecule has 1 heterocycles. The van der Waals surface area contributed by atoms with E-state index < -0.39 is 12.4 Å². The van der Waals surface area contributed by atoms with Crippen LogP contribution >= 0.6 is 0 Å². The highest BCUT2D eigenvalue weighted by Gasteiger charge is 2.37. The summed E-state index contributed by atoms with van der Waals surface area (Å²) in [5, 5.41) is 4.04. The van der Waals surface area contributed by atoms with E-state index in [0.717, 1.165) is 25.5 Å². The van der Waals surface area contributed by atoms with Gasteiger partial charge in [-0.1, -0.05) is 12.4 Å². The molecule has 0 amide bonds. The summed E-state index contributed by atoms with van der Waals surface area (Å²) >= 11 is 0. The maximum absolute atomic E-state index is 12.7. The molecule has 2 rings (SSSR count). The van der Waals surface area contributed by atoms with Crippen molar-refractivity contribution >= 4 is 12.4 Å². The Labute approximate surface area is 86.5 Å². The van der Waals surface area contributed by atoms with Crippen LogP contribution in [0.25, 0.3) is 0 Å². The van der Waals surface area contributed by atoms with Crippen molar-refractivity contribution in [2.24, 2.45) is 0 Å². The fourth-order valence-electron chi connectivity index (χ4n) is 1.72. The number of hydrogen-bond donors (Lipinski definition) is 0.